The fraction of sp³-hybridized carbons (Fsp3) is 0.217. The number of para-hydroxylation sites is 3. The van der Waals surface area contributed by atoms with Crippen LogP contribution in [0.4, 0.5) is 11.5 Å². The molecule has 1 fully saturated rings. The van der Waals surface area contributed by atoms with Gasteiger partial charge in [-0.2, -0.15) is 0 Å². The van der Waals surface area contributed by atoms with Crippen molar-refractivity contribution in [2.24, 2.45) is 0 Å². The topological polar surface area (TPSA) is 72.5 Å². The molecule has 3 aromatic rings. The first-order valence-corrected chi connectivity index (χ1v) is 9.73. The van der Waals surface area contributed by atoms with E-state index in [0.717, 1.165) is 31.8 Å². The van der Waals surface area contributed by atoms with Crippen molar-refractivity contribution in [2.45, 2.75) is 18.9 Å². The fourth-order valence-corrected chi connectivity index (χ4v) is 3.13. The van der Waals surface area contributed by atoms with Gasteiger partial charge in [0.1, 0.15) is 11.6 Å². The molecule has 2 heterocycles. The Labute approximate surface area is 169 Å². The third kappa shape index (κ3) is 5.12. The van der Waals surface area contributed by atoms with E-state index in [-0.39, 0.29) is 12.0 Å². The second-order valence-electron chi connectivity index (χ2n) is 6.81. The van der Waals surface area contributed by atoms with E-state index in [1.54, 1.807) is 24.4 Å². The average Bonchev–Trinajstić information content (AvgIpc) is 3.28. The molecule has 0 bridgehead atoms. The first-order valence-electron chi connectivity index (χ1n) is 9.73. The number of carbonyl (C=O) groups excluding carboxylic acids is 1. The maximum atomic E-state index is 12.6. The lowest BCUT2D eigenvalue weighted by Crippen LogP contribution is -2.19. The van der Waals surface area contributed by atoms with E-state index in [1.807, 2.05) is 48.5 Å². The lowest BCUT2D eigenvalue weighted by atomic mass is 10.2. The van der Waals surface area contributed by atoms with Crippen LogP contribution in [0.2, 0.25) is 0 Å². The Morgan fingerprint density at radius 1 is 1.07 bits per heavy atom. The summed E-state index contributed by atoms with van der Waals surface area (Å²) in [6.07, 6.45) is 3.97. The molecule has 0 radical (unpaired) electrons. The number of amides is 1. The molecule has 148 valence electrons. The van der Waals surface area contributed by atoms with Crippen LogP contribution in [0.5, 0.6) is 11.5 Å². The van der Waals surface area contributed by atoms with Gasteiger partial charge >= 0.3 is 0 Å². The maximum absolute atomic E-state index is 12.6. The summed E-state index contributed by atoms with van der Waals surface area (Å²) in [5, 5.41) is 6.15. The molecule has 0 saturated carbocycles. The zero-order valence-electron chi connectivity index (χ0n) is 16.0. The second kappa shape index (κ2) is 9.21. The van der Waals surface area contributed by atoms with E-state index >= 15 is 0 Å². The van der Waals surface area contributed by atoms with Crippen LogP contribution in [-0.2, 0) is 4.74 Å². The number of hydrogen-bond donors (Lipinski definition) is 2. The van der Waals surface area contributed by atoms with Crippen molar-refractivity contribution < 1.29 is 14.3 Å². The molecule has 0 aliphatic carbocycles. The Morgan fingerprint density at radius 2 is 1.90 bits per heavy atom. The highest BCUT2D eigenvalue weighted by Gasteiger charge is 2.15. The van der Waals surface area contributed by atoms with Gasteiger partial charge in [-0.1, -0.05) is 30.3 Å². The number of rotatable bonds is 7. The van der Waals surface area contributed by atoms with Crippen molar-refractivity contribution in [1.29, 1.82) is 0 Å². The molecule has 1 aliphatic rings. The van der Waals surface area contributed by atoms with Crippen molar-refractivity contribution in [3.05, 3.63) is 78.5 Å². The van der Waals surface area contributed by atoms with Crippen LogP contribution < -0.4 is 15.4 Å². The minimum atomic E-state index is -0.243. The predicted molar refractivity (Wildman–Crippen MR) is 113 cm³/mol. The van der Waals surface area contributed by atoms with Crippen LogP contribution in [0.3, 0.4) is 0 Å². The highest BCUT2D eigenvalue weighted by atomic mass is 16.5. The second-order valence-corrected chi connectivity index (χ2v) is 6.81. The molecule has 1 atom stereocenters. The summed E-state index contributed by atoms with van der Waals surface area (Å²) < 4.78 is 11.5. The first kappa shape index (κ1) is 19.0. The van der Waals surface area contributed by atoms with Gasteiger partial charge in [-0.3, -0.25) is 4.79 Å². The molecule has 1 saturated heterocycles. The van der Waals surface area contributed by atoms with E-state index < -0.39 is 0 Å². The highest BCUT2D eigenvalue weighted by molar-refractivity contribution is 6.04. The van der Waals surface area contributed by atoms with Gasteiger partial charge in [-0.15, -0.1) is 0 Å². The number of nitrogens with one attached hydrogen (secondary N) is 2. The fourth-order valence-electron chi connectivity index (χ4n) is 3.13. The van der Waals surface area contributed by atoms with E-state index in [4.69, 9.17) is 9.47 Å². The largest absolute Gasteiger partial charge is 0.455 e. The number of ether oxygens (including phenoxy) is 2. The Balaban J connectivity index is 1.39. The van der Waals surface area contributed by atoms with Crippen LogP contribution in [0.1, 0.15) is 23.2 Å². The summed E-state index contributed by atoms with van der Waals surface area (Å²) in [6, 6.07) is 20.3. The van der Waals surface area contributed by atoms with E-state index in [1.165, 1.54) is 0 Å². The van der Waals surface area contributed by atoms with Gasteiger partial charge in [0.15, 0.2) is 5.75 Å². The molecule has 1 amide bonds. The van der Waals surface area contributed by atoms with Crippen molar-refractivity contribution >= 4 is 17.4 Å². The van der Waals surface area contributed by atoms with E-state index in [9.17, 15) is 4.79 Å². The lowest BCUT2D eigenvalue weighted by molar-refractivity contribution is 0.102. The Morgan fingerprint density at radius 3 is 2.66 bits per heavy atom. The molecule has 2 N–H and O–H groups in total. The molecule has 6 heteroatoms. The summed E-state index contributed by atoms with van der Waals surface area (Å²) in [7, 11) is 0. The average molecular weight is 389 g/mol. The highest BCUT2D eigenvalue weighted by Crippen LogP contribution is 2.29. The minimum Gasteiger partial charge on any atom is -0.455 e. The molecule has 1 aromatic heterocycles. The van der Waals surface area contributed by atoms with Crippen molar-refractivity contribution in [3.8, 4) is 11.5 Å². The standard InChI is InChI=1S/C23H23N3O3/c27-23(17-12-13-22(24-15-17)25-16-19-9-6-14-28-19)26-20-10-4-5-11-21(20)29-18-7-2-1-3-8-18/h1-5,7-8,10-13,15,19H,6,9,14,16H2,(H,24,25)(H,26,27). The minimum absolute atomic E-state index is 0.237. The van der Waals surface area contributed by atoms with E-state index in [2.05, 4.69) is 15.6 Å². The first-order chi connectivity index (χ1) is 14.3. The smallest absolute Gasteiger partial charge is 0.257 e. The van der Waals surface area contributed by atoms with Gasteiger partial charge in [-0.25, -0.2) is 4.98 Å². The number of hydrogen-bond acceptors (Lipinski definition) is 5. The SMILES string of the molecule is O=C(Nc1ccccc1Oc1ccccc1)c1ccc(NCC2CCCO2)nc1. The summed E-state index contributed by atoms with van der Waals surface area (Å²) in [6.45, 7) is 1.55. The lowest BCUT2D eigenvalue weighted by Gasteiger charge is -2.13. The number of benzene rings is 2. The van der Waals surface area contributed by atoms with Gasteiger partial charge in [0.2, 0.25) is 0 Å². The molecule has 29 heavy (non-hydrogen) atoms. The zero-order chi connectivity index (χ0) is 19.9. The monoisotopic (exact) mass is 389 g/mol. The third-order valence-electron chi connectivity index (χ3n) is 4.67. The Hall–Kier alpha value is -3.38. The van der Waals surface area contributed by atoms with Crippen LogP contribution >= 0.6 is 0 Å². The van der Waals surface area contributed by atoms with Crippen LogP contribution in [0.25, 0.3) is 0 Å². The van der Waals surface area contributed by atoms with Gasteiger partial charge in [0, 0.05) is 19.3 Å². The number of nitrogens with zero attached hydrogens (tertiary/aromatic N) is 1. The predicted octanol–water partition coefficient (Wildman–Crippen LogP) is 4.72. The Kier molecular flexibility index (Phi) is 6.02. The summed E-state index contributed by atoms with van der Waals surface area (Å²) in [5.41, 5.74) is 1.07. The number of carbonyl (C=O) groups is 1. The molecule has 4 rings (SSSR count). The number of pyridine rings is 1. The molecule has 6 nitrogen and oxygen atoms in total. The van der Waals surface area contributed by atoms with Gasteiger partial charge in [-0.05, 0) is 49.2 Å². The third-order valence-corrected chi connectivity index (χ3v) is 4.67. The molecule has 0 spiro atoms. The van der Waals surface area contributed by atoms with Gasteiger partial charge in [0.05, 0.1) is 17.4 Å². The molecule has 2 aromatic carbocycles. The van der Waals surface area contributed by atoms with E-state index in [0.29, 0.717) is 22.7 Å². The zero-order valence-corrected chi connectivity index (χ0v) is 16.0. The van der Waals surface area contributed by atoms with Crippen molar-refractivity contribution in [2.75, 3.05) is 23.8 Å². The van der Waals surface area contributed by atoms with Crippen LogP contribution in [0.15, 0.2) is 72.9 Å². The van der Waals surface area contributed by atoms with Crippen LogP contribution in [0, 0.1) is 0 Å². The van der Waals surface area contributed by atoms with Crippen LogP contribution in [-0.4, -0.2) is 30.1 Å². The molecular weight excluding hydrogens is 366 g/mol. The summed E-state index contributed by atoms with van der Waals surface area (Å²) in [4.78, 5) is 17.0. The quantitative estimate of drug-likeness (QED) is 0.612. The van der Waals surface area contributed by atoms with Gasteiger partial charge < -0.3 is 20.1 Å². The van der Waals surface area contributed by atoms with Gasteiger partial charge in [0.25, 0.3) is 5.91 Å². The van der Waals surface area contributed by atoms with Crippen molar-refractivity contribution in [3.63, 3.8) is 0 Å². The molecule has 1 unspecified atom stereocenters. The number of anilines is 2. The summed E-state index contributed by atoms with van der Waals surface area (Å²) in [5.74, 6) is 1.77. The summed E-state index contributed by atoms with van der Waals surface area (Å²) >= 11 is 0. The molecular formula is C23H23N3O3. The Bertz CT molecular complexity index is 939. The van der Waals surface area contributed by atoms with Crippen molar-refractivity contribution in [1.82, 2.24) is 4.98 Å². The normalized spacial score (nSPS) is 15.7. The molecule has 1 aliphatic heterocycles. The maximum Gasteiger partial charge on any atom is 0.257 e. The number of aromatic nitrogens is 1.